The molecular weight excluding hydrogens is 446 g/mol. The molecule has 0 saturated heterocycles. The molecule has 0 aliphatic rings. The number of ether oxygens (including phenoxy) is 1. The minimum absolute atomic E-state index is 0.0108. The molecule has 7 nitrogen and oxygen atoms in total. The minimum atomic E-state index is -0.0108. The number of hydrogen-bond donors (Lipinski definition) is 1. The maximum Gasteiger partial charge on any atom is 0.237 e. The second kappa shape index (κ2) is 10.9. The van der Waals surface area contributed by atoms with Gasteiger partial charge in [0, 0.05) is 18.4 Å². The normalized spacial score (nSPS) is 10.7. The number of methoxy groups -OCH3 is 1. The van der Waals surface area contributed by atoms with Crippen LogP contribution in [0.1, 0.15) is 11.4 Å². The minimum Gasteiger partial charge on any atom is -0.495 e. The van der Waals surface area contributed by atoms with Crippen molar-refractivity contribution >= 4 is 29.0 Å². The van der Waals surface area contributed by atoms with Crippen molar-refractivity contribution < 1.29 is 9.53 Å². The predicted molar refractivity (Wildman–Crippen MR) is 137 cm³/mol. The van der Waals surface area contributed by atoms with Crippen LogP contribution in [0.25, 0.3) is 5.69 Å². The molecule has 8 heteroatoms. The molecule has 0 bridgehead atoms. The average molecular weight is 474 g/mol. The number of rotatable bonds is 9. The molecule has 4 rings (SSSR count). The quantitative estimate of drug-likeness (QED) is 0.347. The van der Waals surface area contributed by atoms with E-state index in [1.54, 1.807) is 19.1 Å². The molecule has 1 heterocycles. The highest BCUT2D eigenvalue weighted by Crippen LogP contribution is 2.26. The first-order chi connectivity index (χ1) is 16.6. The van der Waals surface area contributed by atoms with E-state index in [1.165, 1.54) is 17.3 Å². The summed E-state index contributed by atoms with van der Waals surface area (Å²) in [6.45, 7) is 2.49. The Morgan fingerprint density at radius 1 is 1.00 bits per heavy atom. The lowest BCUT2D eigenvalue weighted by Crippen LogP contribution is -2.27. The van der Waals surface area contributed by atoms with Crippen molar-refractivity contribution in [2.24, 2.45) is 0 Å². The third-order valence-electron chi connectivity index (χ3n) is 5.38. The van der Waals surface area contributed by atoms with Crippen LogP contribution in [0.5, 0.6) is 5.75 Å². The van der Waals surface area contributed by atoms with Crippen molar-refractivity contribution in [1.82, 2.24) is 14.8 Å². The summed E-state index contributed by atoms with van der Waals surface area (Å²) in [5.41, 5.74) is 3.84. The number of nitrogens with one attached hydrogen (secondary N) is 1. The van der Waals surface area contributed by atoms with Gasteiger partial charge in [-0.05, 0) is 43.3 Å². The molecule has 4 aromatic rings. The molecule has 0 fully saturated rings. The zero-order valence-corrected chi connectivity index (χ0v) is 20.2. The van der Waals surface area contributed by atoms with Gasteiger partial charge in [-0.3, -0.25) is 9.36 Å². The third-order valence-corrected chi connectivity index (χ3v) is 6.29. The summed E-state index contributed by atoms with van der Waals surface area (Å²) >= 11 is 1.37. The topological polar surface area (TPSA) is 72.3 Å². The Kier molecular flexibility index (Phi) is 7.49. The fourth-order valence-corrected chi connectivity index (χ4v) is 4.33. The molecule has 1 aromatic heterocycles. The molecule has 0 spiro atoms. The molecule has 0 unspecified atom stereocenters. The highest BCUT2D eigenvalue weighted by molar-refractivity contribution is 7.99. The van der Waals surface area contributed by atoms with E-state index in [1.807, 2.05) is 78.2 Å². The van der Waals surface area contributed by atoms with E-state index in [4.69, 9.17) is 4.74 Å². The predicted octanol–water partition coefficient (Wildman–Crippen LogP) is 4.95. The smallest absolute Gasteiger partial charge is 0.237 e. The Bertz CT molecular complexity index is 1240. The number of benzene rings is 3. The summed E-state index contributed by atoms with van der Waals surface area (Å²) in [4.78, 5) is 14.5. The van der Waals surface area contributed by atoms with Crippen molar-refractivity contribution in [1.29, 1.82) is 0 Å². The third kappa shape index (κ3) is 5.40. The molecule has 3 aromatic carbocycles. The first kappa shape index (κ1) is 23.4. The number of nitrogens with zero attached hydrogens (tertiary/aromatic N) is 4. The van der Waals surface area contributed by atoms with Crippen molar-refractivity contribution in [3.05, 3.63) is 90.3 Å². The lowest BCUT2D eigenvalue weighted by atomic mass is 10.2. The van der Waals surface area contributed by atoms with E-state index < -0.39 is 0 Å². The SMILES string of the molecule is COc1ccccc1NCc1nnc(SCC(=O)N(C)c2ccccc2)n1-c1ccc(C)cc1. The summed E-state index contributed by atoms with van der Waals surface area (Å²) < 4.78 is 7.43. The van der Waals surface area contributed by atoms with Crippen LogP contribution >= 0.6 is 11.8 Å². The molecule has 0 radical (unpaired) electrons. The average Bonchev–Trinajstić information content (AvgIpc) is 3.29. The fraction of sp³-hybridized carbons (Fsp3) is 0.192. The Morgan fingerprint density at radius 2 is 1.71 bits per heavy atom. The standard InChI is InChI=1S/C26H27N5O2S/c1-19-13-15-21(16-14-19)31-24(17-27-22-11-7-8-12-23(22)33-3)28-29-26(31)34-18-25(32)30(2)20-9-5-4-6-10-20/h4-16,27H,17-18H2,1-3H3. The van der Waals surface area contributed by atoms with Gasteiger partial charge < -0.3 is 15.0 Å². The first-order valence-corrected chi connectivity index (χ1v) is 11.9. The lowest BCUT2D eigenvalue weighted by molar-refractivity contribution is -0.115. The molecule has 0 saturated carbocycles. The highest BCUT2D eigenvalue weighted by Gasteiger charge is 2.18. The van der Waals surface area contributed by atoms with Crippen molar-refractivity contribution in [3.63, 3.8) is 0 Å². The van der Waals surface area contributed by atoms with Gasteiger partial charge in [-0.1, -0.05) is 59.8 Å². The molecule has 34 heavy (non-hydrogen) atoms. The molecule has 174 valence electrons. The van der Waals surface area contributed by atoms with Gasteiger partial charge in [0.05, 0.1) is 25.1 Å². The number of aryl methyl sites for hydroxylation is 1. The Morgan fingerprint density at radius 3 is 2.44 bits per heavy atom. The van der Waals surface area contributed by atoms with Crippen LogP contribution in [-0.2, 0) is 11.3 Å². The Hall–Kier alpha value is -3.78. The zero-order chi connectivity index (χ0) is 23.9. The number of amides is 1. The van der Waals surface area contributed by atoms with E-state index in [9.17, 15) is 4.79 Å². The van der Waals surface area contributed by atoms with E-state index in [0.717, 1.165) is 28.6 Å². The maximum absolute atomic E-state index is 12.8. The molecule has 0 aliphatic carbocycles. The van der Waals surface area contributed by atoms with E-state index in [0.29, 0.717) is 11.7 Å². The first-order valence-electron chi connectivity index (χ1n) is 10.9. The van der Waals surface area contributed by atoms with Crippen LogP contribution in [0, 0.1) is 6.92 Å². The number of para-hydroxylation sites is 3. The Balaban J connectivity index is 1.55. The summed E-state index contributed by atoms with van der Waals surface area (Å²) in [5, 5.41) is 12.9. The number of carbonyl (C=O) groups excluding carboxylic acids is 1. The van der Waals surface area contributed by atoms with Crippen LogP contribution in [0.15, 0.2) is 84.0 Å². The van der Waals surface area contributed by atoms with Gasteiger partial charge >= 0.3 is 0 Å². The van der Waals surface area contributed by atoms with Crippen LogP contribution in [0.4, 0.5) is 11.4 Å². The second-order valence-corrected chi connectivity index (χ2v) is 8.64. The van der Waals surface area contributed by atoms with E-state index in [-0.39, 0.29) is 11.7 Å². The molecular formula is C26H27N5O2S. The van der Waals surface area contributed by atoms with Crippen molar-refractivity contribution in [2.45, 2.75) is 18.6 Å². The molecule has 1 amide bonds. The van der Waals surface area contributed by atoms with Gasteiger partial charge in [-0.2, -0.15) is 0 Å². The van der Waals surface area contributed by atoms with Crippen LogP contribution in [0.2, 0.25) is 0 Å². The van der Waals surface area contributed by atoms with Gasteiger partial charge in [-0.15, -0.1) is 10.2 Å². The number of carbonyl (C=O) groups is 1. The van der Waals surface area contributed by atoms with Crippen molar-refractivity contribution in [2.75, 3.05) is 30.1 Å². The number of hydrogen-bond acceptors (Lipinski definition) is 6. The zero-order valence-electron chi connectivity index (χ0n) is 19.4. The lowest BCUT2D eigenvalue weighted by Gasteiger charge is -2.17. The van der Waals surface area contributed by atoms with Gasteiger partial charge in [0.2, 0.25) is 5.91 Å². The monoisotopic (exact) mass is 473 g/mol. The van der Waals surface area contributed by atoms with Gasteiger partial charge in [-0.25, -0.2) is 0 Å². The summed E-state index contributed by atoms with van der Waals surface area (Å²) in [5.74, 6) is 1.73. The number of thioether (sulfide) groups is 1. The van der Waals surface area contributed by atoms with E-state index >= 15 is 0 Å². The van der Waals surface area contributed by atoms with Gasteiger partial charge in [0.1, 0.15) is 5.75 Å². The van der Waals surface area contributed by atoms with Gasteiger partial charge in [0.15, 0.2) is 11.0 Å². The molecule has 1 N–H and O–H groups in total. The number of aromatic nitrogens is 3. The van der Waals surface area contributed by atoms with Crippen LogP contribution in [-0.4, -0.2) is 40.6 Å². The summed E-state index contributed by atoms with van der Waals surface area (Å²) in [7, 11) is 3.43. The van der Waals surface area contributed by atoms with Crippen molar-refractivity contribution in [3.8, 4) is 11.4 Å². The molecule has 0 atom stereocenters. The van der Waals surface area contributed by atoms with Crippen LogP contribution < -0.4 is 15.0 Å². The number of anilines is 2. The summed E-state index contributed by atoms with van der Waals surface area (Å²) in [6.07, 6.45) is 0. The van der Waals surface area contributed by atoms with E-state index in [2.05, 4.69) is 27.6 Å². The largest absolute Gasteiger partial charge is 0.495 e. The molecule has 0 aliphatic heterocycles. The fourth-order valence-electron chi connectivity index (χ4n) is 3.45. The maximum atomic E-state index is 12.8. The van der Waals surface area contributed by atoms with Gasteiger partial charge in [0.25, 0.3) is 0 Å². The second-order valence-electron chi connectivity index (χ2n) is 7.70. The highest BCUT2D eigenvalue weighted by atomic mass is 32.2. The Labute approximate surface area is 203 Å². The van der Waals surface area contributed by atoms with Crippen LogP contribution in [0.3, 0.4) is 0 Å². The summed E-state index contributed by atoms with van der Waals surface area (Å²) in [6, 6.07) is 25.5.